The van der Waals surface area contributed by atoms with Crippen LogP contribution in [0.15, 0.2) is 34.7 Å². The van der Waals surface area contributed by atoms with Gasteiger partial charge in [0.25, 0.3) is 11.8 Å². The van der Waals surface area contributed by atoms with E-state index in [1.165, 1.54) is 23.1 Å². The zero-order chi connectivity index (χ0) is 18.1. The highest BCUT2D eigenvalue weighted by Gasteiger charge is 2.18. The molecule has 0 unspecified atom stereocenters. The monoisotopic (exact) mass is 381 g/mol. The number of rotatable bonds is 8. The average Bonchev–Trinajstić information content (AvgIpc) is 3.07. The number of carbonyl (C=O) groups excluding carboxylic acids is 2. The molecule has 0 aliphatic heterocycles. The van der Waals surface area contributed by atoms with Gasteiger partial charge in [-0.2, -0.15) is 0 Å². The first-order valence-corrected chi connectivity index (χ1v) is 9.18. The molecular formula is C15H19N5O3S2. The maximum atomic E-state index is 12.1. The number of anilines is 1. The van der Waals surface area contributed by atoms with E-state index in [9.17, 15) is 9.59 Å². The molecule has 25 heavy (non-hydrogen) atoms. The van der Waals surface area contributed by atoms with Gasteiger partial charge in [-0.15, -0.1) is 10.2 Å². The largest absolute Gasteiger partial charge is 0.383 e. The summed E-state index contributed by atoms with van der Waals surface area (Å²) >= 11 is 2.63. The molecule has 3 N–H and O–H groups in total. The number of thioether (sulfide) groups is 1. The Morgan fingerprint density at radius 1 is 1.24 bits per heavy atom. The van der Waals surface area contributed by atoms with E-state index in [2.05, 4.69) is 26.4 Å². The quantitative estimate of drug-likeness (QED) is 0.362. The predicted molar refractivity (Wildman–Crippen MR) is 97.6 cm³/mol. The van der Waals surface area contributed by atoms with Crippen LogP contribution < -0.4 is 16.2 Å². The summed E-state index contributed by atoms with van der Waals surface area (Å²) in [6.45, 7) is 2.94. The second-order valence-electron chi connectivity index (χ2n) is 4.86. The minimum absolute atomic E-state index is 0.321. The number of aromatic nitrogens is 2. The zero-order valence-electron chi connectivity index (χ0n) is 13.8. The molecule has 8 nitrogen and oxygen atoms in total. The lowest BCUT2D eigenvalue weighted by Gasteiger charge is -2.11. The van der Waals surface area contributed by atoms with Crippen LogP contribution >= 0.6 is 23.1 Å². The van der Waals surface area contributed by atoms with Crippen LogP contribution in [0.25, 0.3) is 0 Å². The smallest absolute Gasteiger partial charge is 0.269 e. The van der Waals surface area contributed by atoms with Gasteiger partial charge in [-0.25, -0.2) is 0 Å². The first-order valence-electron chi connectivity index (χ1n) is 7.48. The molecule has 0 bridgehead atoms. The van der Waals surface area contributed by atoms with E-state index in [-0.39, 0.29) is 11.8 Å². The summed E-state index contributed by atoms with van der Waals surface area (Å²) in [6.07, 6.45) is 0. The molecule has 134 valence electrons. The lowest BCUT2D eigenvalue weighted by atomic mass is 10.2. The molecule has 0 aliphatic carbocycles. The fourth-order valence-corrected chi connectivity index (χ4v) is 3.60. The summed E-state index contributed by atoms with van der Waals surface area (Å²) in [5.74, 6) is -0.690. The molecule has 1 atom stereocenters. The number of nitrogens with zero attached hydrogens (tertiary/aromatic N) is 2. The molecule has 0 radical (unpaired) electrons. The number of ether oxygens (including phenoxy) is 1. The van der Waals surface area contributed by atoms with Crippen LogP contribution in [0.3, 0.4) is 0 Å². The number of hydrazine groups is 1. The van der Waals surface area contributed by atoms with Crippen molar-refractivity contribution in [3.8, 4) is 0 Å². The lowest BCUT2D eigenvalue weighted by molar-refractivity contribution is -0.121. The lowest BCUT2D eigenvalue weighted by Crippen LogP contribution is -2.44. The van der Waals surface area contributed by atoms with Gasteiger partial charge in [0.05, 0.1) is 11.9 Å². The minimum atomic E-state index is -0.434. The molecular weight excluding hydrogens is 362 g/mol. The van der Waals surface area contributed by atoms with Crippen molar-refractivity contribution < 1.29 is 14.3 Å². The fourth-order valence-electron chi connectivity index (χ4n) is 1.68. The van der Waals surface area contributed by atoms with Gasteiger partial charge in [-0.3, -0.25) is 20.4 Å². The maximum Gasteiger partial charge on any atom is 0.269 e. The van der Waals surface area contributed by atoms with Crippen molar-refractivity contribution in [2.45, 2.75) is 16.5 Å². The van der Waals surface area contributed by atoms with Crippen molar-refractivity contribution in [3.05, 3.63) is 35.9 Å². The van der Waals surface area contributed by atoms with Crippen LogP contribution in [0.4, 0.5) is 5.13 Å². The van der Waals surface area contributed by atoms with E-state index in [1.54, 1.807) is 38.3 Å². The minimum Gasteiger partial charge on any atom is -0.383 e. The molecule has 10 heteroatoms. The Morgan fingerprint density at radius 2 is 2.00 bits per heavy atom. The van der Waals surface area contributed by atoms with Gasteiger partial charge in [0.1, 0.15) is 0 Å². The number of nitrogens with one attached hydrogen (secondary N) is 3. The van der Waals surface area contributed by atoms with Crippen molar-refractivity contribution in [1.29, 1.82) is 0 Å². The normalized spacial score (nSPS) is 11.6. The highest BCUT2D eigenvalue weighted by atomic mass is 32.2. The van der Waals surface area contributed by atoms with Crippen molar-refractivity contribution in [1.82, 2.24) is 21.0 Å². The van der Waals surface area contributed by atoms with Crippen molar-refractivity contribution in [3.63, 3.8) is 0 Å². The van der Waals surface area contributed by atoms with E-state index in [1.807, 2.05) is 6.07 Å². The van der Waals surface area contributed by atoms with Crippen molar-refractivity contribution in [2.75, 3.05) is 25.6 Å². The van der Waals surface area contributed by atoms with Crippen LogP contribution in [-0.4, -0.2) is 47.5 Å². The van der Waals surface area contributed by atoms with Gasteiger partial charge in [-0.1, -0.05) is 41.3 Å². The number of hydrogen-bond donors (Lipinski definition) is 3. The number of amides is 2. The summed E-state index contributed by atoms with van der Waals surface area (Å²) in [6, 6.07) is 8.65. The number of hydrogen-bond acceptors (Lipinski definition) is 8. The first kappa shape index (κ1) is 19.2. The van der Waals surface area contributed by atoms with Gasteiger partial charge in [0.2, 0.25) is 5.13 Å². The summed E-state index contributed by atoms with van der Waals surface area (Å²) in [5, 5.41) is 11.3. The molecule has 0 aliphatic rings. The Bertz CT molecular complexity index is 695. The molecule has 0 fully saturated rings. The van der Waals surface area contributed by atoms with Crippen molar-refractivity contribution >= 4 is 40.0 Å². The Balaban J connectivity index is 1.77. The number of benzene rings is 1. The van der Waals surface area contributed by atoms with E-state index in [4.69, 9.17) is 4.74 Å². The van der Waals surface area contributed by atoms with Gasteiger partial charge < -0.3 is 10.1 Å². The van der Waals surface area contributed by atoms with Crippen LogP contribution in [-0.2, 0) is 9.53 Å². The van der Waals surface area contributed by atoms with Crippen LogP contribution in [0.5, 0.6) is 0 Å². The highest BCUT2D eigenvalue weighted by Crippen LogP contribution is 2.28. The zero-order valence-corrected chi connectivity index (χ0v) is 15.4. The average molecular weight is 381 g/mol. The Kier molecular flexibility index (Phi) is 7.64. The molecule has 2 amide bonds. The summed E-state index contributed by atoms with van der Waals surface area (Å²) in [4.78, 5) is 24.0. The Hall–Kier alpha value is -2.17. The maximum absolute atomic E-state index is 12.1. The summed E-state index contributed by atoms with van der Waals surface area (Å²) in [7, 11) is 1.62. The third-order valence-electron chi connectivity index (χ3n) is 2.97. The van der Waals surface area contributed by atoms with Gasteiger partial charge in [0.15, 0.2) is 4.34 Å². The summed E-state index contributed by atoms with van der Waals surface area (Å²) in [5.41, 5.74) is 5.28. The van der Waals surface area contributed by atoms with Gasteiger partial charge >= 0.3 is 0 Å². The molecule has 1 aromatic heterocycles. The Labute approximate surface area is 153 Å². The first-order chi connectivity index (χ1) is 12.1. The van der Waals surface area contributed by atoms with E-state index in [0.717, 1.165) is 0 Å². The standard InChI is InChI=1S/C15H19N5O3S2/c1-10(24-15-20-19-14(25-15)16-8-9-23-2)12(21)17-18-13(22)11-6-4-3-5-7-11/h3-7,10H,8-9H2,1-2H3,(H,16,19)(H,17,21)(H,18,22)/t10-/m1/s1. The highest BCUT2D eigenvalue weighted by molar-refractivity contribution is 8.02. The third-order valence-corrected chi connectivity index (χ3v) is 5.04. The van der Waals surface area contributed by atoms with Crippen LogP contribution in [0.1, 0.15) is 17.3 Å². The molecule has 2 aromatic rings. The molecule has 2 rings (SSSR count). The Morgan fingerprint density at radius 3 is 2.72 bits per heavy atom. The second-order valence-corrected chi connectivity index (χ2v) is 7.43. The molecule has 0 saturated heterocycles. The van der Waals surface area contributed by atoms with Gasteiger partial charge in [0, 0.05) is 19.2 Å². The van der Waals surface area contributed by atoms with Crippen LogP contribution in [0.2, 0.25) is 0 Å². The molecule has 0 saturated carbocycles. The van der Waals surface area contributed by atoms with E-state index in [0.29, 0.717) is 28.2 Å². The second kappa shape index (κ2) is 9.97. The fraction of sp³-hybridized carbons (Fsp3) is 0.333. The number of carbonyl (C=O) groups is 2. The van der Waals surface area contributed by atoms with Gasteiger partial charge in [-0.05, 0) is 19.1 Å². The van der Waals surface area contributed by atoms with E-state index >= 15 is 0 Å². The molecule has 0 spiro atoms. The van der Waals surface area contributed by atoms with E-state index < -0.39 is 5.25 Å². The summed E-state index contributed by atoms with van der Waals surface area (Å²) < 4.78 is 5.61. The van der Waals surface area contributed by atoms with Crippen molar-refractivity contribution in [2.24, 2.45) is 0 Å². The topological polar surface area (TPSA) is 105 Å². The molecule has 1 heterocycles. The SMILES string of the molecule is COCCNc1nnc(S[C@H](C)C(=O)NNC(=O)c2ccccc2)s1. The van der Waals surface area contributed by atoms with Crippen LogP contribution in [0, 0.1) is 0 Å². The molecule has 1 aromatic carbocycles. The third kappa shape index (κ3) is 6.33. The predicted octanol–water partition coefficient (Wildman–Crippen LogP) is 1.54. The number of methoxy groups -OCH3 is 1.